The van der Waals surface area contributed by atoms with Crippen LogP contribution >= 0.6 is 0 Å². The second-order valence-electron chi connectivity index (χ2n) is 4.62. The van der Waals surface area contributed by atoms with Crippen LogP contribution in [0.25, 0.3) is 17.2 Å². The number of aromatic nitrogens is 5. The van der Waals surface area contributed by atoms with E-state index in [4.69, 9.17) is 0 Å². The highest BCUT2D eigenvalue weighted by molar-refractivity contribution is 5.55. The first-order chi connectivity index (χ1) is 9.15. The van der Waals surface area contributed by atoms with Crippen molar-refractivity contribution in [3.05, 3.63) is 46.6 Å². The minimum absolute atomic E-state index is 0.151. The molecule has 0 bridgehead atoms. The maximum atomic E-state index is 12.0. The van der Waals surface area contributed by atoms with Gasteiger partial charge in [-0.25, -0.2) is 4.98 Å². The number of hydrogen-bond donors (Lipinski definition) is 1. The first-order valence-electron chi connectivity index (χ1n) is 6.05. The maximum Gasteiger partial charge on any atom is 0.274 e. The molecular weight excluding hydrogens is 242 g/mol. The molecule has 3 aromatic rings. The Morgan fingerprint density at radius 2 is 1.95 bits per heavy atom. The van der Waals surface area contributed by atoms with Gasteiger partial charge in [-0.3, -0.25) is 14.9 Å². The van der Waals surface area contributed by atoms with Crippen molar-refractivity contribution in [3.8, 4) is 11.4 Å². The summed E-state index contributed by atoms with van der Waals surface area (Å²) in [4.78, 5) is 24.7. The van der Waals surface area contributed by atoms with Crippen LogP contribution in [0.2, 0.25) is 0 Å². The summed E-state index contributed by atoms with van der Waals surface area (Å²) in [5.74, 6) is 1.19. The molecule has 0 unspecified atom stereocenters. The monoisotopic (exact) mass is 255 g/mol. The smallest absolute Gasteiger partial charge is 0.271 e. The van der Waals surface area contributed by atoms with E-state index in [0.29, 0.717) is 11.6 Å². The molecular formula is C13H13N5O. The van der Waals surface area contributed by atoms with Gasteiger partial charge in [0, 0.05) is 24.0 Å². The van der Waals surface area contributed by atoms with E-state index >= 15 is 0 Å². The van der Waals surface area contributed by atoms with Crippen molar-refractivity contribution in [1.82, 2.24) is 24.6 Å². The van der Waals surface area contributed by atoms with Crippen molar-refractivity contribution in [1.29, 1.82) is 0 Å². The van der Waals surface area contributed by atoms with Crippen LogP contribution in [0.1, 0.15) is 25.5 Å². The molecule has 6 nitrogen and oxygen atoms in total. The van der Waals surface area contributed by atoms with Crippen LogP contribution in [0.4, 0.5) is 0 Å². The van der Waals surface area contributed by atoms with Crippen LogP contribution in [0.15, 0.2) is 35.4 Å². The van der Waals surface area contributed by atoms with E-state index < -0.39 is 0 Å². The minimum Gasteiger partial charge on any atom is -0.271 e. The highest BCUT2D eigenvalue weighted by Gasteiger charge is 2.10. The lowest BCUT2D eigenvalue weighted by molar-refractivity contribution is 0.795. The van der Waals surface area contributed by atoms with Crippen molar-refractivity contribution in [2.45, 2.75) is 19.8 Å². The van der Waals surface area contributed by atoms with E-state index in [-0.39, 0.29) is 11.5 Å². The van der Waals surface area contributed by atoms with Gasteiger partial charge in [0.1, 0.15) is 0 Å². The van der Waals surface area contributed by atoms with Gasteiger partial charge in [-0.15, -0.1) is 0 Å². The molecule has 0 radical (unpaired) electrons. The summed E-state index contributed by atoms with van der Waals surface area (Å²) in [6, 6.07) is 5.18. The molecule has 0 aromatic carbocycles. The average Bonchev–Trinajstić information content (AvgIpc) is 2.84. The molecule has 3 heterocycles. The van der Waals surface area contributed by atoms with Crippen LogP contribution in [0.5, 0.6) is 0 Å². The molecule has 6 heteroatoms. The molecule has 96 valence electrons. The second-order valence-corrected chi connectivity index (χ2v) is 4.62. The van der Waals surface area contributed by atoms with Gasteiger partial charge in [0.25, 0.3) is 11.3 Å². The number of aromatic amines is 1. The third kappa shape index (κ3) is 2.01. The topological polar surface area (TPSA) is 75.9 Å². The zero-order valence-electron chi connectivity index (χ0n) is 10.7. The quantitative estimate of drug-likeness (QED) is 0.754. The van der Waals surface area contributed by atoms with E-state index in [2.05, 4.69) is 20.1 Å². The largest absolute Gasteiger partial charge is 0.274 e. The number of hydrogen-bond acceptors (Lipinski definition) is 4. The Kier molecular flexibility index (Phi) is 2.63. The molecule has 0 aliphatic rings. The van der Waals surface area contributed by atoms with Gasteiger partial charge in [0.15, 0.2) is 5.82 Å². The molecule has 1 N–H and O–H groups in total. The summed E-state index contributed by atoms with van der Waals surface area (Å²) in [6.07, 6.45) is 3.36. The van der Waals surface area contributed by atoms with Crippen LogP contribution in [-0.2, 0) is 0 Å². The summed E-state index contributed by atoms with van der Waals surface area (Å²) >= 11 is 0. The van der Waals surface area contributed by atoms with Crippen molar-refractivity contribution >= 4 is 5.78 Å². The Morgan fingerprint density at radius 1 is 1.21 bits per heavy atom. The molecule has 3 aromatic heterocycles. The number of H-pyrrole nitrogens is 1. The first kappa shape index (κ1) is 11.6. The molecule has 0 atom stereocenters. The highest BCUT2D eigenvalue weighted by Crippen LogP contribution is 2.14. The minimum atomic E-state index is -0.151. The number of pyridine rings is 1. The fraction of sp³-hybridized carbons (Fsp3) is 0.231. The summed E-state index contributed by atoms with van der Waals surface area (Å²) in [7, 11) is 0. The van der Waals surface area contributed by atoms with E-state index in [9.17, 15) is 4.79 Å². The Balaban J connectivity index is 2.21. The van der Waals surface area contributed by atoms with Crippen LogP contribution < -0.4 is 5.56 Å². The average molecular weight is 255 g/mol. The highest BCUT2D eigenvalue weighted by atomic mass is 16.1. The lowest BCUT2D eigenvalue weighted by Gasteiger charge is -2.01. The van der Waals surface area contributed by atoms with Gasteiger partial charge in [-0.1, -0.05) is 13.8 Å². The normalized spacial score (nSPS) is 11.3. The molecule has 0 amide bonds. The Hall–Kier alpha value is -2.50. The van der Waals surface area contributed by atoms with Crippen LogP contribution in [0.3, 0.4) is 0 Å². The first-order valence-corrected chi connectivity index (χ1v) is 6.05. The third-order valence-corrected chi connectivity index (χ3v) is 2.90. The second kappa shape index (κ2) is 4.31. The number of fused-ring (bicyclic) bond motifs is 1. The SMILES string of the molecule is CC(C)c1cc(=O)n2[nH]c(-c3ccncc3)nc2n1. The zero-order valence-corrected chi connectivity index (χ0v) is 10.7. The van der Waals surface area contributed by atoms with Crippen molar-refractivity contribution < 1.29 is 0 Å². The zero-order chi connectivity index (χ0) is 13.4. The lowest BCUT2D eigenvalue weighted by atomic mass is 10.1. The van der Waals surface area contributed by atoms with Gasteiger partial charge in [0.05, 0.1) is 5.69 Å². The van der Waals surface area contributed by atoms with Gasteiger partial charge >= 0.3 is 0 Å². The van der Waals surface area contributed by atoms with E-state index in [0.717, 1.165) is 11.3 Å². The van der Waals surface area contributed by atoms with E-state index in [1.165, 1.54) is 10.6 Å². The predicted octanol–water partition coefficient (Wildman–Crippen LogP) is 1.60. The predicted molar refractivity (Wildman–Crippen MR) is 70.9 cm³/mol. The van der Waals surface area contributed by atoms with Gasteiger partial charge in [-0.05, 0) is 18.1 Å². The fourth-order valence-corrected chi connectivity index (χ4v) is 1.83. The van der Waals surface area contributed by atoms with Crippen molar-refractivity contribution in [3.63, 3.8) is 0 Å². The maximum absolute atomic E-state index is 12.0. The summed E-state index contributed by atoms with van der Waals surface area (Å²) < 4.78 is 1.35. The number of rotatable bonds is 2. The van der Waals surface area contributed by atoms with E-state index in [1.54, 1.807) is 12.4 Å². The molecule has 0 aliphatic carbocycles. The fourth-order valence-electron chi connectivity index (χ4n) is 1.83. The van der Waals surface area contributed by atoms with Crippen molar-refractivity contribution in [2.24, 2.45) is 0 Å². The molecule has 0 saturated heterocycles. The Labute approximate surface area is 109 Å². The van der Waals surface area contributed by atoms with E-state index in [1.807, 2.05) is 26.0 Å². The van der Waals surface area contributed by atoms with Crippen molar-refractivity contribution in [2.75, 3.05) is 0 Å². The molecule has 19 heavy (non-hydrogen) atoms. The molecule has 3 rings (SSSR count). The van der Waals surface area contributed by atoms with Gasteiger partial charge in [-0.2, -0.15) is 9.50 Å². The Bertz CT molecular complexity index is 773. The third-order valence-electron chi connectivity index (χ3n) is 2.90. The number of nitrogens with one attached hydrogen (secondary N) is 1. The van der Waals surface area contributed by atoms with Gasteiger partial charge in [0.2, 0.25) is 0 Å². The molecule has 0 saturated carbocycles. The standard InChI is InChI=1S/C13H13N5O/c1-8(2)10-7-11(19)18-13(15-10)16-12(17-18)9-3-5-14-6-4-9/h3-8H,1-2H3,(H,15,16,17). The van der Waals surface area contributed by atoms with Crippen LogP contribution in [0, 0.1) is 0 Å². The number of nitrogens with zero attached hydrogens (tertiary/aromatic N) is 4. The Morgan fingerprint density at radius 3 is 2.63 bits per heavy atom. The molecule has 0 aliphatic heterocycles. The lowest BCUT2D eigenvalue weighted by Crippen LogP contribution is -2.16. The summed E-state index contributed by atoms with van der Waals surface area (Å²) in [5, 5.41) is 2.95. The summed E-state index contributed by atoms with van der Waals surface area (Å²) in [6.45, 7) is 3.99. The summed E-state index contributed by atoms with van der Waals surface area (Å²) in [5.41, 5.74) is 1.46. The molecule has 0 spiro atoms. The van der Waals surface area contributed by atoms with Gasteiger partial charge < -0.3 is 0 Å². The molecule has 0 fully saturated rings. The van der Waals surface area contributed by atoms with Crippen LogP contribution in [-0.4, -0.2) is 24.6 Å².